The molecule has 0 saturated heterocycles. The Morgan fingerprint density at radius 3 is 2.78 bits per heavy atom. The largest absolute Gasteiger partial charge is 0.480 e. The summed E-state index contributed by atoms with van der Waals surface area (Å²) in [6, 6.07) is 6.34. The number of benzene rings is 1. The molecule has 0 heterocycles. The minimum atomic E-state index is -1.02. The predicted molar refractivity (Wildman–Crippen MR) is 75.2 cm³/mol. The van der Waals surface area contributed by atoms with Crippen molar-refractivity contribution in [3.05, 3.63) is 29.8 Å². The van der Waals surface area contributed by atoms with Crippen molar-refractivity contribution in [2.24, 2.45) is 16.5 Å². The highest BCUT2D eigenvalue weighted by atomic mass is 32.2. The normalized spacial score (nSPS) is 13.3. The topological polar surface area (TPSA) is 102 Å². The molecule has 0 radical (unpaired) electrons. The molecular weight excluding hydrogens is 250 g/mol. The fraction of sp³-hybridized carbons (Fsp3) is 0.333. The van der Waals surface area contributed by atoms with E-state index in [-0.39, 0.29) is 6.42 Å². The predicted octanol–water partition coefficient (Wildman–Crippen LogP) is 1.34. The van der Waals surface area contributed by atoms with Gasteiger partial charge in [0.05, 0.1) is 5.69 Å². The van der Waals surface area contributed by atoms with Crippen molar-refractivity contribution in [2.75, 3.05) is 5.75 Å². The van der Waals surface area contributed by atoms with Gasteiger partial charge in [0.25, 0.3) is 0 Å². The maximum atomic E-state index is 10.8. The summed E-state index contributed by atoms with van der Waals surface area (Å²) in [4.78, 5) is 15.0. The fourth-order valence-electron chi connectivity index (χ4n) is 1.42. The molecule has 1 unspecified atom stereocenters. The summed E-state index contributed by atoms with van der Waals surface area (Å²) in [7, 11) is 0. The van der Waals surface area contributed by atoms with Gasteiger partial charge < -0.3 is 16.6 Å². The quantitative estimate of drug-likeness (QED) is 0.552. The first kappa shape index (κ1) is 14.5. The molecule has 0 amide bonds. The van der Waals surface area contributed by atoms with Gasteiger partial charge >= 0.3 is 5.97 Å². The molecule has 5 N–H and O–H groups in total. The van der Waals surface area contributed by atoms with Crippen molar-refractivity contribution in [2.45, 2.75) is 19.4 Å². The minimum absolute atomic E-state index is 0.235. The Morgan fingerprint density at radius 2 is 2.17 bits per heavy atom. The third-order valence-electron chi connectivity index (χ3n) is 2.27. The van der Waals surface area contributed by atoms with Crippen LogP contribution in [0.1, 0.15) is 12.5 Å². The minimum Gasteiger partial charge on any atom is -0.480 e. The van der Waals surface area contributed by atoms with E-state index in [1.807, 2.05) is 25.1 Å². The van der Waals surface area contributed by atoms with Gasteiger partial charge in [-0.3, -0.25) is 4.79 Å². The highest BCUT2D eigenvalue weighted by Gasteiger charge is 2.14. The van der Waals surface area contributed by atoms with Gasteiger partial charge in [-0.05, 0) is 17.4 Å². The molecule has 0 fully saturated rings. The average molecular weight is 267 g/mol. The van der Waals surface area contributed by atoms with Crippen LogP contribution >= 0.6 is 11.8 Å². The summed E-state index contributed by atoms with van der Waals surface area (Å²) < 4.78 is 0. The van der Waals surface area contributed by atoms with E-state index in [0.29, 0.717) is 10.9 Å². The van der Waals surface area contributed by atoms with Gasteiger partial charge in [-0.2, -0.15) is 0 Å². The van der Waals surface area contributed by atoms with Gasteiger partial charge in [0.1, 0.15) is 6.04 Å². The highest BCUT2D eigenvalue weighted by Crippen LogP contribution is 2.21. The zero-order valence-electron chi connectivity index (χ0n) is 10.2. The maximum Gasteiger partial charge on any atom is 0.320 e. The van der Waals surface area contributed by atoms with E-state index in [1.54, 1.807) is 6.07 Å². The Kier molecular flexibility index (Phi) is 5.67. The van der Waals surface area contributed by atoms with Crippen LogP contribution in [-0.2, 0) is 11.2 Å². The second kappa shape index (κ2) is 7.03. The van der Waals surface area contributed by atoms with Crippen LogP contribution < -0.4 is 11.5 Å². The number of nitrogens with two attached hydrogens (primary N) is 2. The second-order valence-corrected chi connectivity index (χ2v) is 4.94. The van der Waals surface area contributed by atoms with E-state index >= 15 is 0 Å². The molecule has 0 aliphatic heterocycles. The van der Waals surface area contributed by atoms with Gasteiger partial charge in [0.15, 0.2) is 5.17 Å². The van der Waals surface area contributed by atoms with E-state index in [9.17, 15) is 4.79 Å². The van der Waals surface area contributed by atoms with E-state index in [2.05, 4.69) is 4.99 Å². The Balaban J connectivity index is 2.92. The van der Waals surface area contributed by atoms with Crippen molar-refractivity contribution >= 4 is 28.6 Å². The highest BCUT2D eigenvalue weighted by molar-refractivity contribution is 8.13. The average Bonchev–Trinajstić information content (AvgIpc) is 2.31. The van der Waals surface area contributed by atoms with Gasteiger partial charge in [-0.1, -0.05) is 36.9 Å². The van der Waals surface area contributed by atoms with Crippen LogP contribution in [0.15, 0.2) is 29.3 Å². The lowest BCUT2D eigenvalue weighted by atomic mass is 10.0. The monoisotopic (exact) mass is 267 g/mol. The molecule has 18 heavy (non-hydrogen) atoms. The number of aliphatic carboxylic acids is 1. The molecule has 5 nitrogen and oxygen atoms in total. The molecule has 0 aromatic heterocycles. The molecule has 1 atom stereocenters. The molecule has 1 aromatic rings. The number of aliphatic imine (C=N–C) groups is 1. The molecular formula is C12H17N3O2S. The Morgan fingerprint density at radius 1 is 1.50 bits per heavy atom. The second-order valence-electron chi connectivity index (χ2n) is 3.66. The summed E-state index contributed by atoms with van der Waals surface area (Å²) >= 11 is 1.44. The molecule has 0 spiro atoms. The van der Waals surface area contributed by atoms with Gasteiger partial charge in [-0.25, -0.2) is 4.99 Å². The lowest BCUT2D eigenvalue weighted by Crippen LogP contribution is -2.32. The number of para-hydroxylation sites is 1. The van der Waals surface area contributed by atoms with Gasteiger partial charge in [0.2, 0.25) is 0 Å². The van der Waals surface area contributed by atoms with Crippen molar-refractivity contribution in [3.63, 3.8) is 0 Å². The van der Waals surface area contributed by atoms with Crippen LogP contribution in [0, 0.1) is 0 Å². The summed E-state index contributed by atoms with van der Waals surface area (Å²) in [6.45, 7) is 1.99. The number of amidine groups is 1. The molecule has 1 aromatic carbocycles. The van der Waals surface area contributed by atoms with Crippen molar-refractivity contribution in [3.8, 4) is 0 Å². The van der Waals surface area contributed by atoms with Crippen LogP contribution in [0.25, 0.3) is 0 Å². The number of thioether (sulfide) groups is 1. The van der Waals surface area contributed by atoms with Crippen molar-refractivity contribution < 1.29 is 9.90 Å². The summed E-state index contributed by atoms with van der Waals surface area (Å²) in [6.07, 6.45) is 0.235. The Bertz CT molecular complexity index is 449. The number of rotatable bonds is 5. The number of hydrogen-bond donors (Lipinski definition) is 3. The Labute approximate surface area is 110 Å². The molecule has 0 saturated carbocycles. The van der Waals surface area contributed by atoms with Gasteiger partial charge in [-0.15, -0.1) is 0 Å². The fourth-order valence-corrected chi connectivity index (χ4v) is 1.87. The van der Waals surface area contributed by atoms with E-state index in [0.717, 1.165) is 11.3 Å². The number of carboxylic acids is 1. The molecule has 0 aliphatic rings. The third-order valence-corrected chi connectivity index (χ3v) is 2.95. The summed E-state index contributed by atoms with van der Waals surface area (Å²) in [5, 5.41) is 9.28. The van der Waals surface area contributed by atoms with E-state index in [4.69, 9.17) is 16.6 Å². The standard InChI is InChI=1S/C12H17N3O2S/c1-2-18-12(14)15-10-6-4-3-5-8(10)7-9(13)11(16)17/h3-6,9H,2,7,13H2,1H3,(H2,14,15)(H,16,17). The van der Waals surface area contributed by atoms with Crippen LogP contribution in [0.4, 0.5) is 5.69 Å². The van der Waals surface area contributed by atoms with Crippen LogP contribution in [0.2, 0.25) is 0 Å². The SMILES string of the molecule is CCSC(N)=Nc1ccccc1CC(N)C(=O)O. The number of carbonyl (C=O) groups is 1. The lowest BCUT2D eigenvalue weighted by Gasteiger charge is -2.09. The first-order valence-electron chi connectivity index (χ1n) is 5.57. The van der Waals surface area contributed by atoms with Gasteiger partial charge in [0, 0.05) is 6.42 Å². The number of carboxylic acid groups (broad SMARTS) is 1. The summed E-state index contributed by atoms with van der Waals surface area (Å²) in [5.41, 5.74) is 12.7. The van der Waals surface area contributed by atoms with Crippen LogP contribution in [-0.4, -0.2) is 28.0 Å². The van der Waals surface area contributed by atoms with E-state index in [1.165, 1.54) is 11.8 Å². The Hall–Kier alpha value is -1.53. The molecule has 0 bridgehead atoms. The van der Waals surface area contributed by atoms with E-state index < -0.39 is 12.0 Å². The molecule has 1 rings (SSSR count). The first-order chi connectivity index (χ1) is 8.54. The number of hydrogen-bond acceptors (Lipinski definition) is 4. The van der Waals surface area contributed by atoms with Crippen molar-refractivity contribution in [1.29, 1.82) is 0 Å². The maximum absolute atomic E-state index is 10.8. The number of nitrogens with zero attached hydrogens (tertiary/aromatic N) is 1. The molecule has 6 heteroatoms. The van der Waals surface area contributed by atoms with Crippen molar-refractivity contribution in [1.82, 2.24) is 0 Å². The molecule has 0 aliphatic carbocycles. The zero-order chi connectivity index (χ0) is 13.5. The zero-order valence-corrected chi connectivity index (χ0v) is 11.0. The third kappa shape index (κ3) is 4.38. The summed E-state index contributed by atoms with van der Waals surface area (Å²) in [5.74, 6) is -0.184. The molecule has 98 valence electrons. The first-order valence-corrected chi connectivity index (χ1v) is 6.56. The van der Waals surface area contributed by atoms with Crippen LogP contribution in [0.5, 0.6) is 0 Å². The smallest absolute Gasteiger partial charge is 0.320 e. The lowest BCUT2D eigenvalue weighted by molar-refractivity contribution is -0.138. The van der Waals surface area contributed by atoms with Crippen LogP contribution in [0.3, 0.4) is 0 Å².